The summed E-state index contributed by atoms with van der Waals surface area (Å²) in [5.74, 6) is -0.0205. The lowest BCUT2D eigenvalue weighted by atomic mass is 10.1. The van der Waals surface area contributed by atoms with Crippen LogP contribution >= 0.6 is 0 Å². The van der Waals surface area contributed by atoms with Crippen LogP contribution in [0.5, 0.6) is 0 Å². The SMILES string of the molecule is CC1OCCC1NC(=O)CCc1ccc(S(N)(=O)=O)cc1. The average Bonchev–Trinajstić information content (AvgIpc) is 2.81. The van der Waals surface area contributed by atoms with E-state index in [9.17, 15) is 13.2 Å². The van der Waals surface area contributed by atoms with E-state index >= 15 is 0 Å². The molecule has 116 valence electrons. The van der Waals surface area contributed by atoms with Gasteiger partial charge in [0.2, 0.25) is 15.9 Å². The molecular weight excluding hydrogens is 292 g/mol. The molecule has 1 aromatic carbocycles. The van der Waals surface area contributed by atoms with Crippen molar-refractivity contribution in [3.05, 3.63) is 29.8 Å². The smallest absolute Gasteiger partial charge is 0.238 e. The lowest BCUT2D eigenvalue weighted by molar-refractivity contribution is -0.122. The van der Waals surface area contributed by atoms with E-state index in [1.807, 2.05) is 6.92 Å². The van der Waals surface area contributed by atoms with Gasteiger partial charge in [0.15, 0.2) is 0 Å². The fourth-order valence-corrected chi connectivity index (χ4v) is 2.82. The monoisotopic (exact) mass is 312 g/mol. The Hall–Kier alpha value is -1.44. The van der Waals surface area contributed by atoms with Crippen molar-refractivity contribution in [3.63, 3.8) is 0 Å². The number of nitrogens with one attached hydrogen (secondary N) is 1. The highest BCUT2D eigenvalue weighted by atomic mass is 32.2. The van der Waals surface area contributed by atoms with Crippen LogP contribution in [0.25, 0.3) is 0 Å². The van der Waals surface area contributed by atoms with Gasteiger partial charge in [0.1, 0.15) is 0 Å². The second kappa shape index (κ2) is 6.55. The summed E-state index contributed by atoms with van der Waals surface area (Å²) in [5, 5.41) is 7.98. The Kier molecular flexibility index (Phi) is 4.97. The van der Waals surface area contributed by atoms with Gasteiger partial charge in [-0.05, 0) is 37.5 Å². The molecule has 0 bridgehead atoms. The van der Waals surface area contributed by atoms with Gasteiger partial charge in [-0.1, -0.05) is 12.1 Å². The molecular formula is C14H20N2O4S. The predicted octanol–water partition coefficient (Wildman–Crippen LogP) is 0.560. The Morgan fingerprint density at radius 1 is 1.38 bits per heavy atom. The zero-order chi connectivity index (χ0) is 15.5. The van der Waals surface area contributed by atoms with Gasteiger partial charge in [-0.25, -0.2) is 13.6 Å². The second-order valence-corrected chi connectivity index (χ2v) is 6.79. The van der Waals surface area contributed by atoms with Crippen LogP contribution in [0.4, 0.5) is 0 Å². The molecule has 21 heavy (non-hydrogen) atoms. The summed E-state index contributed by atoms with van der Waals surface area (Å²) in [6, 6.07) is 6.34. The fourth-order valence-electron chi connectivity index (χ4n) is 2.30. The molecule has 0 radical (unpaired) electrons. The first kappa shape index (κ1) is 15.9. The number of rotatable bonds is 5. The summed E-state index contributed by atoms with van der Waals surface area (Å²) in [4.78, 5) is 11.9. The second-order valence-electron chi connectivity index (χ2n) is 5.23. The molecule has 0 spiro atoms. The zero-order valence-corrected chi connectivity index (χ0v) is 12.7. The Balaban J connectivity index is 1.84. The third kappa shape index (κ3) is 4.52. The largest absolute Gasteiger partial charge is 0.376 e. The molecule has 1 aliphatic heterocycles. The van der Waals surface area contributed by atoms with Crippen molar-refractivity contribution in [1.82, 2.24) is 5.32 Å². The van der Waals surface area contributed by atoms with Crippen LogP contribution in [0.15, 0.2) is 29.2 Å². The van der Waals surface area contributed by atoms with Crippen molar-refractivity contribution in [2.45, 2.75) is 43.2 Å². The number of benzene rings is 1. The first-order chi connectivity index (χ1) is 9.86. The van der Waals surface area contributed by atoms with Gasteiger partial charge in [0.05, 0.1) is 17.0 Å². The average molecular weight is 312 g/mol. The Labute approximate surface area is 124 Å². The van der Waals surface area contributed by atoms with Crippen molar-refractivity contribution < 1.29 is 17.9 Å². The maximum absolute atomic E-state index is 11.9. The summed E-state index contributed by atoms with van der Waals surface area (Å²) < 4.78 is 27.7. The van der Waals surface area contributed by atoms with Crippen molar-refractivity contribution in [1.29, 1.82) is 0 Å². The van der Waals surface area contributed by atoms with Gasteiger partial charge in [-0.3, -0.25) is 4.79 Å². The summed E-state index contributed by atoms with van der Waals surface area (Å²) in [6.45, 7) is 2.63. The molecule has 2 rings (SSSR count). The highest BCUT2D eigenvalue weighted by molar-refractivity contribution is 7.89. The third-order valence-electron chi connectivity index (χ3n) is 3.62. The first-order valence-corrected chi connectivity index (χ1v) is 8.43. The Morgan fingerprint density at radius 2 is 2.05 bits per heavy atom. The number of amides is 1. The molecule has 0 aliphatic carbocycles. The van der Waals surface area contributed by atoms with Gasteiger partial charge in [0, 0.05) is 13.0 Å². The van der Waals surface area contributed by atoms with Crippen molar-refractivity contribution in [2.75, 3.05) is 6.61 Å². The minimum atomic E-state index is -3.67. The summed E-state index contributed by atoms with van der Waals surface area (Å²) in [5.41, 5.74) is 0.897. The summed E-state index contributed by atoms with van der Waals surface area (Å²) in [7, 11) is -3.67. The van der Waals surface area contributed by atoms with E-state index in [0.717, 1.165) is 12.0 Å². The quantitative estimate of drug-likeness (QED) is 0.830. The highest BCUT2D eigenvalue weighted by Gasteiger charge is 2.25. The van der Waals surface area contributed by atoms with E-state index in [1.165, 1.54) is 12.1 Å². The maximum atomic E-state index is 11.9. The molecule has 2 atom stereocenters. The first-order valence-electron chi connectivity index (χ1n) is 6.89. The van der Waals surface area contributed by atoms with E-state index in [4.69, 9.17) is 9.88 Å². The predicted molar refractivity (Wildman–Crippen MR) is 78.1 cm³/mol. The number of ether oxygens (including phenoxy) is 1. The van der Waals surface area contributed by atoms with Crippen LogP contribution in [0, 0.1) is 0 Å². The molecule has 1 aliphatic rings. The molecule has 1 fully saturated rings. The van der Waals surface area contributed by atoms with Crippen LogP contribution in [0.1, 0.15) is 25.3 Å². The molecule has 1 amide bonds. The maximum Gasteiger partial charge on any atom is 0.238 e. The number of carbonyl (C=O) groups is 1. The topological polar surface area (TPSA) is 98.5 Å². The Morgan fingerprint density at radius 3 is 2.57 bits per heavy atom. The van der Waals surface area contributed by atoms with E-state index in [1.54, 1.807) is 12.1 Å². The fraction of sp³-hybridized carbons (Fsp3) is 0.500. The minimum absolute atomic E-state index is 0.0205. The lowest BCUT2D eigenvalue weighted by Crippen LogP contribution is -2.39. The molecule has 1 saturated heterocycles. The van der Waals surface area contributed by atoms with Gasteiger partial charge in [-0.2, -0.15) is 0 Å². The standard InChI is InChI=1S/C14H20N2O4S/c1-10-13(8-9-20-10)16-14(17)7-4-11-2-5-12(6-3-11)21(15,18)19/h2-3,5-6,10,13H,4,7-9H2,1H3,(H,16,17)(H2,15,18,19). The van der Waals surface area contributed by atoms with Gasteiger partial charge >= 0.3 is 0 Å². The van der Waals surface area contributed by atoms with Crippen molar-refractivity contribution >= 4 is 15.9 Å². The molecule has 7 heteroatoms. The zero-order valence-electron chi connectivity index (χ0n) is 11.9. The number of sulfonamides is 1. The summed E-state index contributed by atoms with van der Waals surface area (Å²) >= 11 is 0. The molecule has 1 heterocycles. The van der Waals surface area contributed by atoms with Crippen LogP contribution in [-0.4, -0.2) is 33.1 Å². The normalized spacial score (nSPS) is 22.2. The molecule has 0 saturated carbocycles. The number of hydrogen-bond acceptors (Lipinski definition) is 4. The van der Waals surface area contributed by atoms with E-state index in [0.29, 0.717) is 19.4 Å². The number of carbonyl (C=O) groups excluding carboxylic acids is 1. The van der Waals surface area contributed by atoms with Crippen molar-refractivity contribution in [3.8, 4) is 0 Å². The van der Waals surface area contributed by atoms with Crippen LogP contribution in [0.2, 0.25) is 0 Å². The molecule has 2 unspecified atom stereocenters. The van der Waals surface area contributed by atoms with Crippen LogP contribution in [-0.2, 0) is 26.0 Å². The third-order valence-corrected chi connectivity index (χ3v) is 4.54. The van der Waals surface area contributed by atoms with Gasteiger partial charge in [-0.15, -0.1) is 0 Å². The lowest BCUT2D eigenvalue weighted by Gasteiger charge is -2.15. The van der Waals surface area contributed by atoms with Crippen LogP contribution in [0.3, 0.4) is 0 Å². The minimum Gasteiger partial charge on any atom is -0.376 e. The van der Waals surface area contributed by atoms with Gasteiger partial charge in [0.25, 0.3) is 0 Å². The van der Waals surface area contributed by atoms with E-state index in [2.05, 4.69) is 5.32 Å². The van der Waals surface area contributed by atoms with E-state index in [-0.39, 0.29) is 22.9 Å². The molecule has 3 N–H and O–H groups in total. The number of aryl methyl sites for hydroxylation is 1. The van der Waals surface area contributed by atoms with Gasteiger partial charge < -0.3 is 10.1 Å². The number of primary sulfonamides is 1. The highest BCUT2D eigenvalue weighted by Crippen LogP contribution is 2.13. The molecule has 1 aromatic rings. The Bertz CT molecular complexity index is 598. The van der Waals surface area contributed by atoms with Crippen LogP contribution < -0.4 is 10.5 Å². The molecule has 0 aromatic heterocycles. The van der Waals surface area contributed by atoms with E-state index < -0.39 is 10.0 Å². The van der Waals surface area contributed by atoms with Crippen molar-refractivity contribution in [2.24, 2.45) is 5.14 Å². The summed E-state index contributed by atoms with van der Waals surface area (Å²) in [6.07, 6.45) is 1.81. The number of nitrogens with two attached hydrogens (primary N) is 1. The number of hydrogen-bond donors (Lipinski definition) is 2. The molecule has 6 nitrogen and oxygen atoms in total.